The van der Waals surface area contributed by atoms with E-state index >= 15 is 0 Å². The Balaban J connectivity index is 1.84. The summed E-state index contributed by atoms with van der Waals surface area (Å²) < 4.78 is 28.4. The minimum absolute atomic E-state index is 0.107. The maximum absolute atomic E-state index is 12.5. The molecule has 0 radical (unpaired) electrons. The van der Waals surface area contributed by atoms with E-state index in [0.29, 0.717) is 16.3 Å². The Morgan fingerprint density at radius 2 is 1.81 bits per heavy atom. The van der Waals surface area contributed by atoms with Gasteiger partial charge in [-0.05, 0) is 37.3 Å². The fourth-order valence-electron chi connectivity index (χ4n) is 2.23. The van der Waals surface area contributed by atoms with E-state index in [1.807, 2.05) is 6.92 Å². The predicted octanol–water partition coefficient (Wildman–Crippen LogP) is 4.00. The molecule has 0 saturated heterocycles. The number of carbonyl (C=O) groups is 1. The zero-order valence-electron chi connectivity index (χ0n) is 14.6. The first kappa shape index (κ1) is 18.3. The van der Waals surface area contributed by atoms with Crippen LogP contribution >= 0.6 is 11.3 Å². The number of benzene rings is 2. The molecule has 0 aliphatic carbocycles. The highest BCUT2D eigenvalue weighted by Crippen LogP contribution is 2.29. The second-order valence-corrected chi connectivity index (χ2v) is 8.98. The van der Waals surface area contributed by atoms with Crippen molar-refractivity contribution in [2.45, 2.75) is 25.7 Å². The summed E-state index contributed by atoms with van der Waals surface area (Å²) in [7, 11) is -3.67. The van der Waals surface area contributed by atoms with E-state index in [2.05, 4.69) is 15.0 Å². The normalized spacial score (nSPS) is 11.7. The van der Waals surface area contributed by atoms with Gasteiger partial charge in [-0.25, -0.2) is 13.4 Å². The molecule has 2 N–H and O–H groups in total. The highest BCUT2D eigenvalue weighted by molar-refractivity contribution is 7.92. The number of aryl methyl sites for hydroxylation is 1. The first-order valence-electron chi connectivity index (χ1n) is 8.05. The minimum Gasteiger partial charge on any atom is -0.302 e. The zero-order chi connectivity index (χ0) is 18.9. The van der Waals surface area contributed by atoms with Gasteiger partial charge in [-0.1, -0.05) is 42.9 Å². The van der Waals surface area contributed by atoms with Crippen molar-refractivity contribution in [3.63, 3.8) is 0 Å². The standard InChI is InChI=1S/C18H19N3O3S2/c1-11(2)17(22)20-18-19-15-10-13(6-9-16(15)25-18)21-26(23,24)14-7-4-12(3)5-8-14/h4-11,21H,1-3H3,(H,19,20,22). The Morgan fingerprint density at radius 1 is 1.12 bits per heavy atom. The fraction of sp³-hybridized carbons (Fsp3) is 0.222. The molecule has 3 rings (SSSR count). The third kappa shape index (κ3) is 4.03. The molecule has 26 heavy (non-hydrogen) atoms. The summed E-state index contributed by atoms with van der Waals surface area (Å²) in [6.07, 6.45) is 0. The predicted molar refractivity (Wildman–Crippen MR) is 105 cm³/mol. The molecule has 0 aliphatic heterocycles. The molecule has 1 aromatic heterocycles. The monoisotopic (exact) mass is 389 g/mol. The number of anilines is 2. The van der Waals surface area contributed by atoms with Gasteiger partial charge >= 0.3 is 0 Å². The Bertz CT molecular complexity index is 1050. The lowest BCUT2D eigenvalue weighted by molar-refractivity contribution is -0.118. The number of aromatic nitrogens is 1. The molecule has 6 nitrogen and oxygen atoms in total. The number of thiazole rings is 1. The van der Waals surface area contributed by atoms with Crippen molar-refractivity contribution in [2.24, 2.45) is 5.92 Å². The molecule has 0 atom stereocenters. The fourth-order valence-corrected chi connectivity index (χ4v) is 4.12. The summed E-state index contributed by atoms with van der Waals surface area (Å²) in [5, 5.41) is 3.26. The maximum Gasteiger partial charge on any atom is 0.261 e. The Morgan fingerprint density at radius 3 is 2.46 bits per heavy atom. The van der Waals surface area contributed by atoms with Crippen molar-refractivity contribution in [3.05, 3.63) is 48.0 Å². The second kappa shape index (κ2) is 7.05. The van der Waals surface area contributed by atoms with Crippen LogP contribution in [0.3, 0.4) is 0 Å². The second-order valence-electron chi connectivity index (χ2n) is 6.26. The van der Waals surface area contributed by atoms with E-state index in [1.165, 1.54) is 11.3 Å². The van der Waals surface area contributed by atoms with Crippen molar-refractivity contribution in [3.8, 4) is 0 Å². The Hall–Kier alpha value is -2.45. The lowest BCUT2D eigenvalue weighted by Gasteiger charge is -2.08. The topological polar surface area (TPSA) is 88.2 Å². The van der Waals surface area contributed by atoms with Crippen LogP contribution in [-0.4, -0.2) is 19.3 Å². The molecule has 1 heterocycles. The quantitative estimate of drug-likeness (QED) is 0.690. The van der Waals surface area contributed by atoms with Gasteiger partial charge in [-0.2, -0.15) is 0 Å². The Kier molecular flexibility index (Phi) is 4.97. The molecule has 8 heteroatoms. The largest absolute Gasteiger partial charge is 0.302 e. The number of rotatable bonds is 5. The summed E-state index contributed by atoms with van der Waals surface area (Å²) in [4.78, 5) is 16.4. The van der Waals surface area contributed by atoms with Crippen molar-refractivity contribution < 1.29 is 13.2 Å². The smallest absolute Gasteiger partial charge is 0.261 e. The zero-order valence-corrected chi connectivity index (χ0v) is 16.2. The number of nitrogens with one attached hydrogen (secondary N) is 2. The molecule has 0 spiro atoms. The number of fused-ring (bicyclic) bond motifs is 1. The molecule has 136 valence electrons. The number of sulfonamides is 1. The summed E-state index contributed by atoms with van der Waals surface area (Å²) in [5.41, 5.74) is 2.03. The molecule has 0 unspecified atom stereocenters. The van der Waals surface area contributed by atoms with Crippen molar-refractivity contribution in [1.82, 2.24) is 4.98 Å². The van der Waals surface area contributed by atoms with E-state index in [0.717, 1.165) is 10.3 Å². The molecule has 1 amide bonds. The van der Waals surface area contributed by atoms with Crippen LogP contribution < -0.4 is 10.0 Å². The SMILES string of the molecule is Cc1ccc(S(=O)(=O)Nc2ccc3sc(NC(=O)C(C)C)nc3c2)cc1. The third-order valence-corrected chi connectivity index (χ3v) is 6.07. The summed E-state index contributed by atoms with van der Waals surface area (Å²) in [6, 6.07) is 11.8. The molecular formula is C18H19N3O3S2. The molecule has 0 bridgehead atoms. The van der Waals surface area contributed by atoms with Crippen LogP contribution in [0.15, 0.2) is 47.4 Å². The van der Waals surface area contributed by atoms with Crippen LogP contribution in [0.1, 0.15) is 19.4 Å². The highest BCUT2D eigenvalue weighted by atomic mass is 32.2. The van der Waals surface area contributed by atoms with Gasteiger partial charge in [-0.15, -0.1) is 0 Å². The number of hydrogen-bond donors (Lipinski definition) is 2. The summed E-state index contributed by atoms with van der Waals surface area (Å²) in [5.74, 6) is -0.247. The van der Waals surface area contributed by atoms with Gasteiger partial charge in [0.05, 0.1) is 20.8 Å². The minimum atomic E-state index is -3.67. The van der Waals surface area contributed by atoms with Crippen LogP contribution in [0.2, 0.25) is 0 Å². The number of nitrogens with zero attached hydrogens (tertiary/aromatic N) is 1. The summed E-state index contributed by atoms with van der Waals surface area (Å²) in [6.45, 7) is 5.51. The van der Waals surface area contributed by atoms with Gasteiger partial charge in [0.25, 0.3) is 10.0 Å². The van der Waals surface area contributed by atoms with Crippen molar-refractivity contribution >= 4 is 48.3 Å². The maximum atomic E-state index is 12.5. The van der Waals surface area contributed by atoms with E-state index in [4.69, 9.17) is 0 Å². The summed E-state index contributed by atoms with van der Waals surface area (Å²) >= 11 is 1.35. The van der Waals surface area contributed by atoms with Crippen molar-refractivity contribution in [1.29, 1.82) is 0 Å². The van der Waals surface area contributed by atoms with Gasteiger partial charge in [-0.3, -0.25) is 9.52 Å². The van der Waals surface area contributed by atoms with E-state index in [-0.39, 0.29) is 16.7 Å². The lowest BCUT2D eigenvalue weighted by Crippen LogP contribution is -2.17. The first-order chi connectivity index (χ1) is 12.2. The molecule has 0 fully saturated rings. The molecule has 2 aromatic carbocycles. The van der Waals surface area contributed by atoms with Gasteiger partial charge < -0.3 is 5.32 Å². The van der Waals surface area contributed by atoms with Crippen LogP contribution in [0.4, 0.5) is 10.8 Å². The van der Waals surface area contributed by atoms with Crippen molar-refractivity contribution in [2.75, 3.05) is 10.0 Å². The average molecular weight is 390 g/mol. The number of carbonyl (C=O) groups excluding carboxylic acids is 1. The third-order valence-electron chi connectivity index (χ3n) is 3.73. The first-order valence-corrected chi connectivity index (χ1v) is 10.4. The van der Waals surface area contributed by atoms with Crippen LogP contribution in [0.25, 0.3) is 10.2 Å². The van der Waals surface area contributed by atoms with E-state index in [1.54, 1.807) is 56.3 Å². The van der Waals surface area contributed by atoms with E-state index < -0.39 is 10.0 Å². The van der Waals surface area contributed by atoms with Crippen LogP contribution in [0.5, 0.6) is 0 Å². The van der Waals surface area contributed by atoms with Crippen LogP contribution in [0, 0.1) is 12.8 Å². The van der Waals surface area contributed by atoms with Gasteiger partial charge in [0, 0.05) is 5.92 Å². The number of amides is 1. The molecular weight excluding hydrogens is 370 g/mol. The molecule has 3 aromatic rings. The van der Waals surface area contributed by atoms with Gasteiger partial charge in [0.2, 0.25) is 5.91 Å². The molecule has 0 aliphatic rings. The lowest BCUT2D eigenvalue weighted by atomic mass is 10.2. The Labute approximate surface area is 156 Å². The highest BCUT2D eigenvalue weighted by Gasteiger charge is 2.15. The number of hydrogen-bond acceptors (Lipinski definition) is 5. The average Bonchev–Trinajstić information content (AvgIpc) is 2.96. The van der Waals surface area contributed by atoms with Gasteiger partial charge in [0.15, 0.2) is 5.13 Å². The van der Waals surface area contributed by atoms with Crippen LogP contribution in [-0.2, 0) is 14.8 Å². The molecule has 0 saturated carbocycles. The van der Waals surface area contributed by atoms with E-state index in [9.17, 15) is 13.2 Å². The van der Waals surface area contributed by atoms with Gasteiger partial charge in [0.1, 0.15) is 0 Å².